The summed E-state index contributed by atoms with van der Waals surface area (Å²) in [4.78, 5) is 12.3. The zero-order valence-electron chi connectivity index (χ0n) is 11.9. The summed E-state index contributed by atoms with van der Waals surface area (Å²) in [6, 6.07) is 3.93. The number of hydrogen-bond donors (Lipinski definition) is 1. The quantitative estimate of drug-likeness (QED) is 0.891. The third-order valence-electron chi connectivity index (χ3n) is 4.41. The smallest absolute Gasteiger partial charge is 0.268 e. The van der Waals surface area contributed by atoms with Crippen molar-refractivity contribution < 1.29 is 14.3 Å². The highest BCUT2D eigenvalue weighted by Crippen LogP contribution is 2.34. The predicted molar refractivity (Wildman–Crippen MR) is 74.6 cm³/mol. The molecular formula is C15H22N2O3. The highest BCUT2D eigenvalue weighted by atomic mass is 16.5. The lowest BCUT2D eigenvalue weighted by molar-refractivity contribution is -0.139. The zero-order chi connectivity index (χ0) is 14.0. The van der Waals surface area contributed by atoms with E-state index in [-0.39, 0.29) is 17.6 Å². The highest BCUT2D eigenvalue weighted by Gasteiger charge is 2.39. The number of nitrogens with zero attached hydrogens (tertiary/aromatic N) is 1. The van der Waals surface area contributed by atoms with Gasteiger partial charge in [0.1, 0.15) is 5.69 Å². The molecule has 5 nitrogen and oxygen atoms in total. The van der Waals surface area contributed by atoms with Gasteiger partial charge in [-0.3, -0.25) is 4.79 Å². The molecular weight excluding hydrogens is 256 g/mol. The van der Waals surface area contributed by atoms with E-state index in [4.69, 9.17) is 9.47 Å². The minimum absolute atomic E-state index is 0.00612. The molecule has 3 heterocycles. The van der Waals surface area contributed by atoms with Crippen LogP contribution in [0, 0.1) is 0 Å². The van der Waals surface area contributed by atoms with Crippen LogP contribution >= 0.6 is 0 Å². The van der Waals surface area contributed by atoms with E-state index in [9.17, 15) is 4.79 Å². The molecule has 1 amide bonds. The lowest BCUT2D eigenvalue weighted by Gasteiger charge is -2.43. The van der Waals surface area contributed by atoms with Gasteiger partial charge in [0.15, 0.2) is 0 Å². The molecule has 1 aromatic heterocycles. The Morgan fingerprint density at radius 3 is 2.90 bits per heavy atom. The molecule has 2 aliphatic heterocycles. The van der Waals surface area contributed by atoms with Gasteiger partial charge in [0.2, 0.25) is 0 Å². The fourth-order valence-electron chi connectivity index (χ4n) is 3.20. The van der Waals surface area contributed by atoms with Gasteiger partial charge in [0.05, 0.1) is 5.60 Å². The largest absolute Gasteiger partial charge is 0.381 e. The molecule has 110 valence electrons. The lowest BCUT2D eigenvalue weighted by atomic mass is 9.84. The van der Waals surface area contributed by atoms with Crippen LogP contribution in [0.25, 0.3) is 0 Å². The molecule has 2 aliphatic rings. The van der Waals surface area contributed by atoms with Crippen LogP contribution in [0.2, 0.25) is 0 Å². The number of aromatic nitrogens is 1. The molecule has 1 aromatic rings. The van der Waals surface area contributed by atoms with Crippen LogP contribution in [0.15, 0.2) is 18.3 Å². The average molecular weight is 278 g/mol. The van der Waals surface area contributed by atoms with Crippen molar-refractivity contribution in [1.29, 1.82) is 0 Å². The topological polar surface area (TPSA) is 52.5 Å². The molecule has 5 heteroatoms. The van der Waals surface area contributed by atoms with E-state index in [0.29, 0.717) is 5.69 Å². The molecule has 2 saturated heterocycles. The van der Waals surface area contributed by atoms with Crippen LogP contribution in [-0.2, 0) is 16.5 Å². The second-order valence-electron chi connectivity index (χ2n) is 5.81. The van der Waals surface area contributed by atoms with Gasteiger partial charge in [-0.25, -0.2) is 0 Å². The maximum Gasteiger partial charge on any atom is 0.268 e. The van der Waals surface area contributed by atoms with Crippen LogP contribution in [0.5, 0.6) is 0 Å². The van der Waals surface area contributed by atoms with Crippen molar-refractivity contribution in [1.82, 2.24) is 9.88 Å². The van der Waals surface area contributed by atoms with Gasteiger partial charge in [0.25, 0.3) is 5.91 Å². The van der Waals surface area contributed by atoms with E-state index < -0.39 is 0 Å². The number of hydrogen-bond acceptors (Lipinski definition) is 3. The molecule has 0 unspecified atom stereocenters. The van der Waals surface area contributed by atoms with Crippen molar-refractivity contribution in [2.75, 3.05) is 19.8 Å². The maximum absolute atomic E-state index is 12.3. The van der Waals surface area contributed by atoms with Crippen LogP contribution in [-0.4, -0.2) is 41.9 Å². The van der Waals surface area contributed by atoms with Gasteiger partial charge in [0, 0.05) is 39.1 Å². The van der Waals surface area contributed by atoms with E-state index in [1.165, 1.54) is 0 Å². The Bertz CT molecular complexity index is 472. The monoisotopic (exact) mass is 278 g/mol. The second-order valence-corrected chi connectivity index (χ2v) is 5.81. The molecule has 0 aromatic carbocycles. The van der Waals surface area contributed by atoms with Gasteiger partial charge < -0.3 is 19.4 Å². The normalized spacial score (nSPS) is 25.6. The van der Waals surface area contributed by atoms with Crippen LogP contribution in [0.3, 0.4) is 0 Å². The Labute approximate surface area is 119 Å². The molecule has 0 radical (unpaired) electrons. The van der Waals surface area contributed by atoms with Crippen molar-refractivity contribution in [3.05, 3.63) is 24.0 Å². The van der Waals surface area contributed by atoms with E-state index >= 15 is 0 Å². The van der Waals surface area contributed by atoms with E-state index in [1.54, 1.807) is 0 Å². The Morgan fingerprint density at radius 2 is 2.20 bits per heavy atom. The molecule has 2 fully saturated rings. The van der Waals surface area contributed by atoms with Gasteiger partial charge in [-0.15, -0.1) is 0 Å². The van der Waals surface area contributed by atoms with Gasteiger partial charge >= 0.3 is 0 Å². The summed E-state index contributed by atoms with van der Waals surface area (Å²) >= 11 is 0. The fourth-order valence-corrected chi connectivity index (χ4v) is 3.20. The standard InChI is InChI=1S/C15H22N2O3/c1-17-7-2-3-13(17)14(18)16-12-4-8-20-15(11-12)5-9-19-10-6-15/h2-3,7,12H,4-6,8-11H2,1H3,(H,16,18)/t12-/m1/s1. The Kier molecular flexibility index (Phi) is 3.81. The minimum atomic E-state index is -0.0807. The molecule has 20 heavy (non-hydrogen) atoms. The first kappa shape index (κ1) is 13.6. The molecule has 1 N–H and O–H groups in total. The third kappa shape index (κ3) is 2.74. The first-order chi connectivity index (χ1) is 9.69. The Hall–Kier alpha value is -1.33. The molecule has 0 aliphatic carbocycles. The summed E-state index contributed by atoms with van der Waals surface area (Å²) in [5.41, 5.74) is 0.625. The first-order valence-electron chi connectivity index (χ1n) is 7.32. The molecule has 1 atom stereocenters. The fraction of sp³-hybridized carbons (Fsp3) is 0.667. The van der Waals surface area contributed by atoms with Gasteiger partial charge in [-0.2, -0.15) is 0 Å². The van der Waals surface area contributed by atoms with Crippen molar-refractivity contribution in [2.45, 2.75) is 37.3 Å². The number of carbonyl (C=O) groups excluding carboxylic acids is 1. The number of rotatable bonds is 2. The summed E-state index contributed by atoms with van der Waals surface area (Å²) in [5, 5.41) is 3.15. The number of aryl methyl sites for hydroxylation is 1. The van der Waals surface area contributed by atoms with E-state index in [1.807, 2.05) is 29.9 Å². The molecule has 3 rings (SSSR count). The third-order valence-corrected chi connectivity index (χ3v) is 4.41. The van der Waals surface area contributed by atoms with Crippen LogP contribution in [0.1, 0.15) is 36.2 Å². The molecule has 0 bridgehead atoms. The summed E-state index contributed by atoms with van der Waals surface area (Å²) in [7, 11) is 1.89. The van der Waals surface area contributed by atoms with Crippen molar-refractivity contribution in [2.24, 2.45) is 7.05 Å². The SMILES string of the molecule is Cn1cccc1C(=O)N[C@@H]1CCOC2(CCOCC2)C1. The Morgan fingerprint density at radius 1 is 1.40 bits per heavy atom. The molecule has 1 spiro atoms. The second kappa shape index (κ2) is 5.58. The van der Waals surface area contributed by atoms with Crippen molar-refractivity contribution in [3.8, 4) is 0 Å². The number of ether oxygens (including phenoxy) is 2. The summed E-state index contributed by atoms with van der Waals surface area (Å²) in [6.45, 7) is 2.25. The van der Waals surface area contributed by atoms with Crippen LogP contribution in [0.4, 0.5) is 0 Å². The maximum atomic E-state index is 12.3. The zero-order valence-corrected chi connectivity index (χ0v) is 11.9. The lowest BCUT2D eigenvalue weighted by Crippen LogP contribution is -2.51. The summed E-state index contributed by atoms with van der Waals surface area (Å²) in [5.74, 6) is 0.00612. The average Bonchev–Trinajstić information content (AvgIpc) is 2.86. The highest BCUT2D eigenvalue weighted by molar-refractivity contribution is 5.92. The van der Waals surface area contributed by atoms with E-state index in [0.717, 1.165) is 45.5 Å². The minimum Gasteiger partial charge on any atom is -0.381 e. The number of nitrogens with one attached hydrogen (secondary N) is 1. The van der Waals surface area contributed by atoms with E-state index in [2.05, 4.69) is 5.32 Å². The van der Waals surface area contributed by atoms with Gasteiger partial charge in [-0.1, -0.05) is 0 Å². The van der Waals surface area contributed by atoms with Crippen molar-refractivity contribution in [3.63, 3.8) is 0 Å². The molecule has 0 saturated carbocycles. The number of amides is 1. The van der Waals surface area contributed by atoms with Crippen LogP contribution < -0.4 is 5.32 Å². The first-order valence-corrected chi connectivity index (χ1v) is 7.32. The predicted octanol–water partition coefficient (Wildman–Crippen LogP) is 1.48. The summed E-state index contributed by atoms with van der Waals surface area (Å²) < 4.78 is 13.3. The number of carbonyl (C=O) groups is 1. The Balaban J connectivity index is 1.63. The summed E-state index contributed by atoms with van der Waals surface area (Å²) in [6.07, 6.45) is 5.54. The van der Waals surface area contributed by atoms with Crippen molar-refractivity contribution >= 4 is 5.91 Å². The van der Waals surface area contributed by atoms with Gasteiger partial charge in [-0.05, 0) is 37.8 Å².